The largest absolute Gasteiger partial charge is 0.399 e. The summed E-state index contributed by atoms with van der Waals surface area (Å²) in [5.74, 6) is 0. The number of nitrogens with one attached hydrogen (secondary N) is 1. The van der Waals surface area contributed by atoms with Crippen molar-refractivity contribution in [2.75, 3.05) is 5.73 Å². The Morgan fingerprint density at radius 1 is 1.14 bits per heavy atom. The Balaban J connectivity index is 2.60. The molecule has 0 fully saturated rings. The highest BCUT2D eigenvalue weighted by Crippen LogP contribution is 2.26. The van der Waals surface area contributed by atoms with Crippen LogP contribution in [0.25, 0.3) is 11.3 Å². The summed E-state index contributed by atoms with van der Waals surface area (Å²) < 4.78 is 0. The van der Waals surface area contributed by atoms with Crippen molar-refractivity contribution in [1.29, 1.82) is 0 Å². The first-order valence-electron chi connectivity index (χ1n) is 4.69. The number of hydrogen-bond acceptors (Lipinski definition) is 1. The van der Waals surface area contributed by atoms with Crippen molar-refractivity contribution in [2.45, 2.75) is 13.8 Å². The smallest absolute Gasteiger partial charge is 0.0456 e. The fourth-order valence-corrected chi connectivity index (χ4v) is 1.63. The maximum Gasteiger partial charge on any atom is 0.0456 e. The molecule has 0 saturated carbocycles. The number of nitrogens with two attached hydrogens (primary N) is 1. The SMILES string of the molecule is Cc1cc(-c2ccc[nH]2)c(C)cc1N. The van der Waals surface area contributed by atoms with Gasteiger partial charge in [0.2, 0.25) is 0 Å². The molecule has 0 atom stereocenters. The molecule has 1 aromatic heterocycles. The van der Waals surface area contributed by atoms with Gasteiger partial charge in [0.15, 0.2) is 0 Å². The highest BCUT2D eigenvalue weighted by Gasteiger charge is 2.04. The highest BCUT2D eigenvalue weighted by molar-refractivity contribution is 5.68. The predicted octanol–water partition coefficient (Wildman–Crippen LogP) is 2.88. The van der Waals surface area contributed by atoms with Crippen LogP contribution in [-0.4, -0.2) is 4.98 Å². The molecule has 0 unspecified atom stereocenters. The lowest BCUT2D eigenvalue weighted by molar-refractivity contribution is 1.34. The van der Waals surface area contributed by atoms with E-state index < -0.39 is 0 Å². The molecule has 0 aliphatic rings. The number of rotatable bonds is 1. The molecule has 14 heavy (non-hydrogen) atoms. The first kappa shape index (κ1) is 8.88. The van der Waals surface area contributed by atoms with Gasteiger partial charge >= 0.3 is 0 Å². The summed E-state index contributed by atoms with van der Waals surface area (Å²) in [5, 5.41) is 0. The second kappa shape index (κ2) is 3.22. The summed E-state index contributed by atoms with van der Waals surface area (Å²) >= 11 is 0. The summed E-state index contributed by atoms with van der Waals surface area (Å²) in [6.45, 7) is 4.10. The first-order valence-corrected chi connectivity index (χ1v) is 4.69. The Kier molecular flexibility index (Phi) is 2.04. The van der Waals surface area contributed by atoms with Crippen LogP contribution in [0.15, 0.2) is 30.5 Å². The van der Waals surface area contributed by atoms with E-state index in [0.29, 0.717) is 0 Å². The predicted molar refractivity (Wildman–Crippen MR) is 60.1 cm³/mol. The van der Waals surface area contributed by atoms with Gasteiger partial charge in [-0.1, -0.05) is 0 Å². The van der Waals surface area contributed by atoms with Gasteiger partial charge in [0.1, 0.15) is 0 Å². The van der Waals surface area contributed by atoms with E-state index in [9.17, 15) is 0 Å². The third-order valence-electron chi connectivity index (χ3n) is 2.50. The van der Waals surface area contributed by atoms with Gasteiger partial charge in [0, 0.05) is 23.1 Å². The van der Waals surface area contributed by atoms with Crippen molar-refractivity contribution in [2.24, 2.45) is 0 Å². The van der Waals surface area contributed by atoms with Crippen molar-refractivity contribution >= 4 is 5.69 Å². The first-order chi connectivity index (χ1) is 6.68. The zero-order valence-electron chi connectivity index (χ0n) is 8.46. The van der Waals surface area contributed by atoms with Crippen LogP contribution >= 0.6 is 0 Å². The molecular weight excluding hydrogens is 172 g/mol. The summed E-state index contributed by atoms with van der Waals surface area (Å²) in [7, 11) is 0. The third-order valence-corrected chi connectivity index (χ3v) is 2.50. The number of aryl methyl sites for hydroxylation is 2. The maximum atomic E-state index is 5.83. The second-order valence-electron chi connectivity index (χ2n) is 3.61. The monoisotopic (exact) mass is 186 g/mol. The van der Waals surface area contributed by atoms with Crippen LogP contribution in [0.3, 0.4) is 0 Å². The van der Waals surface area contributed by atoms with E-state index in [1.807, 2.05) is 25.3 Å². The molecule has 3 N–H and O–H groups in total. The van der Waals surface area contributed by atoms with Crippen molar-refractivity contribution in [3.63, 3.8) is 0 Å². The van der Waals surface area contributed by atoms with Crippen molar-refractivity contribution in [3.05, 3.63) is 41.6 Å². The number of benzene rings is 1. The number of H-pyrrole nitrogens is 1. The molecule has 2 heteroatoms. The van der Waals surface area contributed by atoms with E-state index in [2.05, 4.69) is 24.0 Å². The minimum atomic E-state index is 0.859. The van der Waals surface area contributed by atoms with Crippen LogP contribution in [0.2, 0.25) is 0 Å². The summed E-state index contributed by atoms with van der Waals surface area (Å²) in [5.41, 5.74) is 11.4. The number of aromatic nitrogens is 1. The lowest BCUT2D eigenvalue weighted by atomic mass is 10.0. The van der Waals surface area contributed by atoms with Gasteiger partial charge in [0.05, 0.1) is 0 Å². The molecule has 0 spiro atoms. The average Bonchev–Trinajstić information content (AvgIpc) is 2.64. The number of nitrogen functional groups attached to an aromatic ring is 1. The van der Waals surface area contributed by atoms with Crippen LogP contribution in [0.5, 0.6) is 0 Å². The van der Waals surface area contributed by atoms with E-state index in [-0.39, 0.29) is 0 Å². The maximum absolute atomic E-state index is 5.83. The van der Waals surface area contributed by atoms with Crippen LogP contribution in [0.1, 0.15) is 11.1 Å². The molecule has 1 heterocycles. The Morgan fingerprint density at radius 3 is 2.57 bits per heavy atom. The van der Waals surface area contributed by atoms with Gasteiger partial charge in [-0.15, -0.1) is 0 Å². The molecule has 1 aromatic carbocycles. The van der Waals surface area contributed by atoms with Crippen LogP contribution in [0.4, 0.5) is 5.69 Å². The van der Waals surface area contributed by atoms with Crippen LogP contribution in [0, 0.1) is 13.8 Å². The molecule has 0 bridgehead atoms. The minimum Gasteiger partial charge on any atom is -0.399 e. The number of hydrogen-bond donors (Lipinski definition) is 2. The van der Waals surface area contributed by atoms with E-state index in [1.165, 1.54) is 11.1 Å². The highest BCUT2D eigenvalue weighted by atomic mass is 14.7. The molecule has 72 valence electrons. The van der Waals surface area contributed by atoms with Crippen molar-refractivity contribution in [3.8, 4) is 11.3 Å². The lowest BCUT2D eigenvalue weighted by Crippen LogP contribution is -1.93. The summed E-state index contributed by atoms with van der Waals surface area (Å²) in [4.78, 5) is 3.20. The molecule has 0 aliphatic heterocycles. The summed E-state index contributed by atoms with van der Waals surface area (Å²) in [6, 6.07) is 8.21. The number of anilines is 1. The molecule has 0 amide bonds. The zero-order chi connectivity index (χ0) is 10.1. The Labute approximate surface area is 83.8 Å². The van der Waals surface area contributed by atoms with Gasteiger partial charge in [-0.05, 0) is 49.2 Å². The molecule has 0 aliphatic carbocycles. The second-order valence-corrected chi connectivity index (χ2v) is 3.61. The van der Waals surface area contributed by atoms with Gasteiger partial charge in [-0.25, -0.2) is 0 Å². The molecule has 0 radical (unpaired) electrons. The van der Waals surface area contributed by atoms with E-state index >= 15 is 0 Å². The fourth-order valence-electron chi connectivity index (χ4n) is 1.63. The fraction of sp³-hybridized carbons (Fsp3) is 0.167. The van der Waals surface area contributed by atoms with Gasteiger partial charge in [-0.3, -0.25) is 0 Å². The molecule has 0 saturated heterocycles. The van der Waals surface area contributed by atoms with Crippen molar-refractivity contribution in [1.82, 2.24) is 4.98 Å². The molecular formula is C12H14N2. The van der Waals surface area contributed by atoms with Gasteiger partial charge in [-0.2, -0.15) is 0 Å². The Bertz CT molecular complexity index is 442. The Hall–Kier alpha value is -1.70. The minimum absolute atomic E-state index is 0.859. The van der Waals surface area contributed by atoms with E-state index in [0.717, 1.165) is 16.9 Å². The van der Waals surface area contributed by atoms with Crippen LogP contribution in [-0.2, 0) is 0 Å². The standard InChI is InChI=1S/C12H14N2/c1-8-7-11(13)9(2)6-10(8)12-4-3-5-14-12/h3-7,14H,13H2,1-2H3. The average molecular weight is 186 g/mol. The van der Waals surface area contributed by atoms with Crippen molar-refractivity contribution < 1.29 is 0 Å². The number of aromatic amines is 1. The molecule has 2 nitrogen and oxygen atoms in total. The third kappa shape index (κ3) is 1.39. The zero-order valence-corrected chi connectivity index (χ0v) is 8.46. The van der Waals surface area contributed by atoms with Gasteiger partial charge in [0.25, 0.3) is 0 Å². The van der Waals surface area contributed by atoms with E-state index in [1.54, 1.807) is 0 Å². The van der Waals surface area contributed by atoms with Gasteiger partial charge < -0.3 is 10.7 Å². The molecule has 2 rings (SSSR count). The van der Waals surface area contributed by atoms with Crippen LogP contribution < -0.4 is 5.73 Å². The quantitative estimate of drug-likeness (QED) is 0.661. The van der Waals surface area contributed by atoms with E-state index in [4.69, 9.17) is 5.73 Å². The normalized spacial score (nSPS) is 10.4. The molecule has 2 aromatic rings. The lowest BCUT2D eigenvalue weighted by Gasteiger charge is -2.07. The topological polar surface area (TPSA) is 41.8 Å². The Morgan fingerprint density at radius 2 is 1.93 bits per heavy atom. The summed E-state index contributed by atoms with van der Waals surface area (Å²) in [6.07, 6.45) is 1.93.